The second-order valence-electron chi connectivity index (χ2n) is 4.55. The highest BCUT2D eigenvalue weighted by molar-refractivity contribution is 7.99. The van der Waals surface area contributed by atoms with Crippen molar-refractivity contribution < 1.29 is 9.15 Å². The number of methoxy groups -OCH3 is 1. The minimum atomic E-state index is 0.801. The molecule has 0 aliphatic carbocycles. The van der Waals surface area contributed by atoms with E-state index in [1.165, 1.54) is 0 Å². The van der Waals surface area contributed by atoms with Crippen LogP contribution >= 0.6 is 35.3 Å². The van der Waals surface area contributed by atoms with Gasteiger partial charge in [-0.05, 0) is 12.3 Å². The monoisotopic (exact) mass is 329 g/mol. The number of fused-ring (bicyclic) bond motifs is 1. The third-order valence-electron chi connectivity index (χ3n) is 2.98. The van der Waals surface area contributed by atoms with Crippen LogP contribution in [-0.4, -0.2) is 38.8 Å². The minimum Gasteiger partial charge on any atom is -0.439 e. The van der Waals surface area contributed by atoms with E-state index in [0.717, 1.165) is 50.9 Å². The van der Waals surface area contributed by atoms with E-state index in [-0.39, 0.29) is 0 Å². The van der Waals surface area contributed by atoms with Crippen molar-refractivity contribution in [3.63, 3.8) is 0 Å². The standard InChI is InChI=1S/C14H19NO2S3/c1-10-9-20-14-11(18)8-12(17-13(10)14)15(2)4-6-19-7-5-16-3/h8-9H,4-7H2,1-3H3. The molecule has 0 bridgehead atoms. The molecular weight excluding hydrogens is 310 g/mol. The van der Waals surface area contributed by atoms with Crippen LogP contribution in [-0.2, 0) is 4.74 Å². The van der Waals surface area contributed by atoms with E-state index in [2.05, 4.69) is 17.2 Å². The van der Waals surface area contributed by atoms with Gasteiger partial charge in [-0.2, -0.15) is 11.8 Å². The molecule has 0 atom stereocenters. The molecule has 0 aliphatic heterocycles. The lowest BCUT2D eigenvalue weighted by molar-refractivity contribution is 0.218. The summed E-state index contributed by atoms with van der Waals surface area (Å²) >= 11 is 8.98. The molecule has 2 aromatic rings. The van der Waals surface area contributed by atoms with Crippen molar-refractivity contribution >= 4 is 51.5 Å². The molecule has 0 N–H and O–H groups in total. The Kier molecular flexibility index (Phi) is 5.89. The molecule has 0 fully saturated rings. The number of rotatable bonds is 7. The van der Waals surface area contributed by atoms with Gasteiger partial charge in [0.1, 0.15) is 0 Å². The summed E-state index contributed by atoms with van der Waals surface area (Å²) in [5.74, 6) is 2.91. The van der Waals surface area contributed by atoms with E-state index in [1.807, 2.05) is 24.9 Å². The van der Waals surface area contributed by atoms with Crippen molar-refractivity contribution in [1.82, 2.24) is 0 Å². The maximum atomic E-state index is 5.99. The van der Waals surface area contributed by atoms with Gasteiger partial charge in [0.25, 0.3) is 0 Å². The number of hydrogen-bond acceptors (Lipinski definition) is 6. The molecular formula is C14H19NO2S3. The molecule has 2 heterocycles. The fraction of sp³-hybridized carbons (Fsp3) is 0.500. The third kappa shape index (κ3) is 3.75. The second kappa shape index (κ2) is 7.45. The number of anilines is 1. The summed E-state index contributed by atoms with van der Waals surface area (Å²) in [5.41, 5.74) is 2.08. The lowest BCUT2D eigenvalue weighted by Crippen LogP contribution is -2.20. The quantitative estimate of drug-likeness (QED) is 0.556. The van der Waals surface area contributed by atoms with Crippen LogP contribution in [0.5, 0.6) is 0 Å². The van der Waals surface area contributed by atoms with E-state index in [0.29, 0.717) is 0 Å². The van der Waals surface area contributed by atoms with Crippen molar-refractivity contribution in [3.8, 4) is 0 Å². The number of nitrogens with zero attached hydrogens (tertiary/aromatic N) is 1. The van der Waals surface area contributed by atoms with Crippen molar-refractivity contribution in [2.45, 2.75) is 6.92 Å². The summed E-state index contributed by atoms with van der Waals surface area (Å²) in [5, 5.41) is 2.09. The number of hydrogen-bond donors (Lipinski definition) is 0. The summed E-state index contributed by atoms with van der Waals surface area (Å²) in [6.45, 7) is 3.79. The Morgan fingerprint density at radius 2 is 2.25 bits per heavy atom. The first-order valence-electron chi connectivity index (χ1n) is 6.43. The van der Waals surface area contributed by atoms with Crippen molar-refractivity contribution in [1.29, 1.82) is 0 Å². The Labute approximate surface area is 132 Å². The molecule has 3 nitrogen and oxygen atoms in total. The van der Waals surface area contributed by atoms with Crippen LogP contribution in [0.3, 0.4) is 0 Å². The third-order valence-corrected chi connectivity index (χ3v) is 5.47. The van der Waals surface area contributed by atoms with Crippen LogP contribution in [0.15, 0.2) is 15.9 Å². The summed E-state index contributed by atoms with van der Waals surface area (Å²) in [4.78, 5) is 2.12. The number of thioether (sulfide) groups is 1. The topological polar surface area (TPSA) is 25.6 Å². The molecule has 0 saturated carbocycles. The van der Waals surface area contributed by atoms with E-state index >= 15 is 0 Å². The van der Waals surface area contributed by atoms with Crippen LogP contribution in [0, 0.1) is 11.4 Å². The maximum Gasteiger partial charge on any atom is 0.197 e. The van der Waals surface area contributed by atoms with Crippen LogP contribution in [0.2, 0.25) is 0 Å². The van der Waals surface area contributed by atoms with E-state index < -0.39 is 0 Å². The molecule has 0 aliphatic rings. The summed E-state index contributed by atoms with van der Waals surface area (Å²) in [6, 6.07) is 1.95. The smallest absolute Gasteiger partial charge is 0.197 e. The molecule has 0 spiro atoms. The van der Waals surface area contributed by atoms with Gasteiger partial charge in [-0.15, -0.1) is 11.3 Å². The van der Waals surface area contributed by atoms with Crippen LogP contribution < -0.4 is 4.90 Å². The van der Waals surface area contributed by atoms with Crippen molar-refractivity contribution in [2.75, 3.05) is 43.7 Å². The zero-order valence-corrected chi connectivity index (χ0v) is 14.4. The predicted octanol–water partition coefficient (Wildman–Crippen LogP) is 4.35. The fourth-order valence-electron chi connectivity index (χ4n) is 1.79. The highest BCUT2D eigenvalue weighted by atomic mass is 32.2. The zero-order valence-electron chi connectivity index (χ0n) is 12.0. The summed E-state index contributed by atoms with van der Waals surface area (Å²) in [6.07, 6.45) is 0. The van der Waals surface area contributed by atoms with E-state index in [1.54, 1.807) is 18.4 Å². The molecule has 6 heteroatoms. The number of aryl methyl sites for hydroxylation is 1. The minimum absolute atomic E-state index is 0.801. The molecule has 2 rings (SSSR count). The van der Waals surface area contributed by atoms with Gasteiger partial charge >= 0.3 is 0 Å². The average Bonchev–Trinajstić information content (AvgIpc) is 2.81. The first-order valence-corrected chi connectivity index (χ1v) is 8.87. The van der Waals surface area contributed by atoms with Crippen molar-refractivity contribution in [2.24, 2.45) is 0 Å². The van der Waals surface area contributed by atoms with Gasteiger partial charge in [-0.25, -0.2) is 0 Å². The predicted molar refractivity (Wildman–Crippen MR) is 92.1 cm³/mol. The normalized spacial score (nSPS) is 11.2. The Balaban J connectivity index is 2.04. The summed E-state index contributed by atoms with van der Waals surface area (Å²) in [7, 11) is 3.77. The van der Waals surface area contributed by atoms with Gasteiger partial charge in [0.15, 0.2) is 11.5 Å². The van der Waals surface area contributed by atoms with Crippen LogP contribution in [0.1, 0.15) is 5.56 Å². The van der Waals surface area contributed by atoms with Gasteiger partial charge in [0.05, 0.1) is 15.8 Å². The van der Waals surface area contributed by atoms with Gasteiger partial charge in [-0.1, -0.05) is 12.2 Å². The molecule has 2 aromatic heterocycles. The largest absolute Gasteiger partial charge is 0.439 e. The van der Waals surface area contributed by atoms with Gasteiger partial charge in [0.2, 0.25) is 0 Å². The van der Waals surface area contributed by atoms with Crippen molar-refractivity contribution in [3.05, 3.63) is 21.5 Å². The van der Waals surface area contributed by atoms with Crippen LogP contribution in [0.4, 0.5) is 5.88 Å². The number of ether oxygens (including phenoxy) is 1. The molecule has 0 saturated heterocycles. The Morgan fingerprint density at radius 1 is 1.45 bits per heavy atom. The first kappa shape index (κ1) is 15.8. The Hall–Kier alpha value is -0.560. The molecule has 20 heavy (non-hydrogen) atoms. The molecule has 110 valence electrons. The van der Waals surface area contributed by atoms with Gasteiger partial charge < -0.3 is 14.1 Å². The maximum absolute atomic E-state index is 5.99. The Morgan fingerprint density at radius 3 is 3.00 bits per heavy atom. The highest BCUT2D eigenvalue weighted by Crippen LogP contribution is 2.30. The number of thiophene rings is 1. The first-order chi connectivity index (χ1) is 9.63. The summed E-state index contributed by atoms with van der Waals surface area (Å²) < 4.78 is 13.0. The molecule has 0 radical (unpaired) electrons. The van der Waals surface area contributed by atoms with E-state index in [4.69, 9.17) is 21.4 Å². The SMILES string of the molecule is COCCSCCN(C)c1cc(=S)c2scc(C)c2o1. The van der Waals surface area contributed by atoms with Gasteiger partial charge in [0, 0.05) is 43.8 Å². The van der Waals surface area contributed by atoms with E-state index in [9.17, 15) is 0 Å². The molecule has 0 unspecified atom stereocenters. The lowest BCUT2D eigenvalue weighted by Gasteiger charge is -2.17. The molecule has 0 amide bonds. The second-order valence-corrected chi connectivity index (χ2v) is 7.10. The molecule has 0 aromatic carbocycles. The van der Waals surface area contributed by atoms with Gasteiger partial charge in [-0.3, -0.25) is 0 Å². The fourth-order valence-corrected chi connectivity index (χ4v) is 3.90. The average molecular weight is 330 g/mol. The highest BCUT2D eigenvalue weighted by Gasteiger charge is 2.10. The van der Waals surface area contributed by atoms with Crippen LogP contribution in [0.25, 0.3) is 10.3 Å². The Bertz CT molecular complexity index is 620. The zero-order chi connectivity index (χ0) is 14.5. The lowest BCUT2D eigenvalue weighted by atomic mass is 10.3.